The topological polar surface area (TPSA) is 0 Å². The fraction of sp³-hybridized carbons (Fsp3) is 0.385. The van der Waals surface area contributed by atoms with Gasteiger partial charge in [0.1, 0.15) is 0 Å². The van der Waals surface area contributed by atoms with Crippen LogP contribution in [0.25, 0.3) is 0 Å². The lowest BCUT2D eigenvalue weighted by Gasteiger charge is -2.14. The third-order valence-corrected chi connectivity index (χ3v) is 6.33. The largest absolute Gasteiger partial charge is 1.00 e. The summed E-state index contributed by atoms with van der Waals surface area (Å²) in [7, 11) is -0.760. The van der Waals surface area contributed by atoms with Crippen molar-refractivity contribution in [1.82, 2.24) is 0 Å². The number of hydrogen-bond acceptors (Lipinski definition) is 0. The average Bonchev–Trinajstić information content (AvgIpc) is 2.47. The van der Waals surface area contributed by atoms with Gasteiger partial charge in [-0.05, 0) is 18.1 Å². The van der Waals surface area contributed by atoms with Crippen molar-refractivity contribution in [2.75, 3.05) is 12.8 Å². The molecule has 15 heavy (non-hydrogen) atoms. The van der Waals surface area contributed by atoms with Gasteiger partial charge in [0.05, 0.1) is 24.8 Å². The van der Waals surface area contributed by atoms with Crippen LogP contribution in [0.4, 0.5) is 0 Å². The van der Waals surface area contributed by atoms with Gasteiger partial charge in [-0.15, -0.1) is 0 Å². The first-order chi connectivity index (χ1) is 6.68. The zero-order valence-corrected chi connectivity index (χ0v) is 11.9. The Morgan fingerprint density at radius 1 is 1.20 bits per heavy atom. The van der Waals surface area contributed by atoms with Gasteiger partial charge in [-0.25, -0.2) is 0 Å². The van der Waals surface area contributed by atoms with Crippen LogP contribution in [0.3, 0.4) is 0 Å². The molecule has 0 amide bonds. The van der Waals surface area contributed by atoms with Crippen LogP contribution >= 0.6 is 7.26 Å². The summed E-state index contributed by atoms with van der Waals surface area (Å²) in [5.41, 5.74) is 3.12. The van der Waals surface area contributed by atoms with Crippen molar-refractivity contribution in [1.29, 1.82) is 0 Å². The molecule has 0 N–H and O–H groups in total. The predicted molar refractivity (Wildman–Crippen MR) is 66.2 cm³/mol. The number of halogens is 1. The minimum Gasteiger partial charge on any atom is -1.00 e. The summed E-state index contributed by atoms with van der Waals surface area (Å²) < 4.78 is 0. The van der Waals surface area contributed by atoms with E-state index in [-0.39, 0.29) is 17.0 Å². The molecule has 2 heteroatoms. The van der Waals surface area contributed by atoms with E-state index in [4.69, 9.17) is 0 Å². The van der Waals surface area contributed by atoms with Gasteiger partial charge in [0.25, 0.3) is 0 Å². The molecule has 1 aliphatic heterocycles. The average molecular weight is 285 g/mol. The Balaban J connectivity index is 0.00000112. The molecule has 82 valence electrons. The minimum atomic E-state index is -0.760. The van der Waals surface area contributed by atoms with Crippen molar-refractivity contribution in [3.63, 3.8) is 0 Å². The second kappa shape index (κ2) is 5.27. The van der Waals surface area contributed by atoms with E-state index in [1.807, 2.05) is 0 Å². The van der Waals surface area contributed by atoms with Crippen molar-refractivity contribution < 1.29 is 17.0 Å². The molecule has 1 aromatic carbocycles. The molecule has 1 aliphatic rings. The second-order valence-corrected chi connectivity index (χ2v) is 8.55. The van der Waals surface area contributed by atoms with E-state index in [0.29, 0.717) is 0 Å². The van der Waals surface area contributed by atoms with Crippen LogP contribution in [-0.2, 0) is 6.16 Å². The number of hydrogen-bond donors (Lipinski definition) is 0. The zero-order valence-electron chi connectivity index (χ0n) is 9.41. The molecule has 0 saturated carbocycles. The fourth-order valence-electron chi connectivity index (χ4n) is 2.22. The van der Waals surface area contributed by atoms with Crippen molar-refractivity contribution in [2.24, 2.45) is 0 Å². The highest BCUT2D eigenvalue weighted by molar-refractivity contribution is 7.77. The van der Waals surface area contributed by atoms with E-state index < -0.39 is 7.26 Å². The van der Waals surface area contributed by atoms with E-state index in [2.05, 4.69) is 49.7 Å². The van der Waals surface area contributed by atoms with E-state index in [1.165, 1.54) is 24.3 Å². The quantitative estimate of drug-likeness (QED) is 0.715. The lowest BCUT2D eigenvalue weighted by Crippen LogP contribution is -3.00. The van der Waals surface area contributed by atoms with Crippen molar-refractivity contribution in [3.05, 3.63) is 47.3 Å². The Bertz CT molecular complexity index is 345. The molecule has 0 saturated heterocycles. The Morgan fingerprint density at radius 2 is 1.87 bits per heavy atom. The fourth-order valence-corrected chi connectivity index (χ4v) is 5.70. The molecule has 0 radical (unpaired) electrons. The van der Waals surface area contributed by atoms with E-state index in [1.54, 1.807) is 5.57 Å². The summed E-state index contributed by atoms with van der Waals surface area (Å²) in [6, 6.07) is 10.9. The highest BCUT2D eigenvalue weighted by Gasteiger charge is 2.33. The van der Waals surface area contributed by atoms with Crippen LogP contribution in [-0.4, -0.2) is 12.8 Å². The maximum atomic E-state index is 2.57. The standard InChI is InChI=1S/C13H18P.BrH/c1-12-8-9-14(2,10-12)11-13-6-4-3-5-7-13;/h3-7,10H,8-9,11H2,1-2H3;1H/q+1;/p-1. The first-order valence-electron chi connectivity index (χ1n) is 5.24. The van der Waals surface area contributed by atoms with E-state index in [0.717, 1.165) is 0 Å². The third-order valence-electron chi connectivity index (χ3n) is 2.94. The maximum Gasteiger partial charge on any atom is 0.0881 e. The molecule has 1 aromatic rings. The van der Waals surface area contributed by atoms with Gasteiger partial charge < -0.3 is 17.0 Å². The number of allylic oxidation sites excluding steroid dienone is 1. The van der Waals surface area contributed by atoms with Crippen molar-refractivity contribution in [3.8, 4) is 0 Å². The molecule has 2 rings (SSSR count). The molecule has 0 nitrogen and oxygen atoms in total. The third kappa shape index (κ3) is 3.43. The summed E-state index contributed by atoms with van der Waals surface area (Å²) >= 11 is 0. The second-order valence-electron chi connectivity index (χ2n) is 4.57. The summed E-state index contributed by atoms with van der Waals surface area (Å²) in [6.07, 6.45) is 4.05. The molecule has 0 fully saturated rings. The molecule has 1 atom stereocenters. The first-order valence-corrected chi connectivity index (χ1v) is 7.92. The number of rotatable bonds is 2. The Kier molecular flexibility index (Phi) is 4.55. The molecule has 0 bridgehead atoms. The zero-order chi connectivity index (χ0) is 10.0. The molecular weight excluding hydrogens is 267 g/mol. The Labute approximate surface area is 104 Å². The maximum absolute atomic E-state index is 2.57. The molecular formula is C13H18BrP. The summed E-state index contributed by atoms with van der Waals surface area (Å²) in [5, 5.41) is 0. The molecule has 1 heterocycles. The molecule has 0 aliphatic carbocycles. The van der Waals surface area contributed by atoms with Crippen LogP contribution in [0.15, 0.2) is 41.7 Å². The SMILES string of the molecule is CC1=C[P+](C)(Cc2ccccc2)CC1.[Br-]. The Hall–Kier alpha value is -0.130. The lowest BCUT2D eigenvalue weighted by atomic mass is 10.2. The highest BCUT2D eigenvalue weighted by Crippen LogP contribution is 2.64. The van der Waals surface area contributed by atoms with Gasteiger partial charge in [0, 0.05) is 13.7 Å². The van der Waals surface area contributed by atoms with Gasteiger partial charge in [0.2, 0.25) is 0 Å². The van der Waals surface area contributed by atoms with E-state index >= 15 is 0 Å². The van der Waals surface area contributed by atoms with Crippen LogP contribution in [0.1, 0.15) is 18.9 Å². The summed E-state index contributed by atoms with van der Waals surface area (Å²) in [6.45, 7) is 4.76. The molecule has 0 aromatic heterocycles. The molecule has 0 spiro atoms. The lowest BCUT2D eigenvalue weighted by molar-refractivity contribution is -0.00000311. The van der Waals surface area contributed by atoms with Gasteiger partial charge in [-0.2, -0.15) is 0 Å². The molecule has 1 unspecified atom stereocenters. The van der Waals surface area contributed by atoms with Crippen molar-refractivity contribution in [2.45, 2.75) is 19.5 Å². The first kappa shape index (κ1) is 12.9. The van der Waals surface area contributed by atoms with Gasteiger partial charge in [-0.1, -0.05) is 30.3 Å². The Morgan fingerprint density at radius 3 is 2.40 bits per heavy atom. The smallest absolute Gasteiger partial charge is 0.0881 e. The summed E-state index contributed by atoms with van der Waals surface area (Å²) in [5.74, 6) is 2.57. The van der Waals surface area contributed by atoms with Crippen LogP contribution < -0.4 is 17.0 Å². The van der Waals surface area contributed by atoms with Crippen LogP contribution in [0.2, 0.25) is 0 Å². The van der Waals surface area contributed by atoms with Gasteiger partial charge in [0.15, 0.2) is 0 Å². The number of benzene rings is 1. The van der Waals surface area contributed by atoms with Crippen molar-refractivity contribution >= 4 is 7.26 Å². The van der Waals surface area contributed by atoms with Crippen LogP contribution in [0.5, 0.6) is 0 Å². The van der Waals surface area contributed by atoms with Gasteiger partial charge >= 0.3 is 0 Å². The highest BCUT2D eigenvalue weighted by atomic mass is 79.9. The van der Waals surface area contributed by atoms with E-state index in [9.17, 15) is 0 Å². The summed E-state index contributed by atoms with van der Waals surface area (Å²) in [4.78, 5) is 0. The van der Waals surface area contributed by atoms with Crippen LogP contribution in [0, 0.1) is 0 Å². The monoisotopic (exact) mass is 284 g/mol. The minimum absolute atomic E-state index is 0. The van der Waals surface area contributed by atoms with Gasteiger partial charge in [-0.3, -0.25) is 0 Å². The predicted octanol–water partition coefficient (Wildman–Crippen LogP) is 1.15. The normalized spacial score (nSPS) is 24.5.